The van der Waals surface area contributed by atoms with Crippen LogP contribution in [-0.4, -0.2) is 119 Å². The lowest BCUT2D eigenvalue weighted by Gasteiger charge is -2.42. The van der Waals surface area contributed by atoms with Crippen molar-refractivity contribution in [1.82, 2.24) is 0 Å². The Labute approximate surface area is 204 Å². The summed E-state index contributed by atoms with van der Waals surface area (Å²) < 4.78 is 26.2. The summed E-state index contributed by atoms with van der Waals surface area (Å²) in [6.07, 6.45) is -12.7. The van der Waals surface area contributed by atoms with Crippen molar-refractivity contribution in [1.29, 1.82) is 0 Å². The lowest BCUT2D eigenvalue weighted by atomic mass is 9.87. The fraction of sp³-hybridized carbons (Fsp3) is 0.909. The fourth-order valence-corrected chi connectivity index (χ4v) is 3.89. The molecule has 6 N–H and O–H groups in total. The Morgan fingerprint density at radius 3 is 1.94 bits per heavy atom. The Morgan fingerprint density at radius 1 is 0.886 bits per heavy atom. The zero-order chi connectivity index (χ0) is 27.0. The lowest BCUT2D eigenvalue weighted by molar-refractivity contribution is -0.271. The summed E-state index contributed by atoms with van der Waals surface area (Å²) in [5, 5.41) is 59.0. The normalized spacial score (nSPS) is 29.4. The van der Waals surface area contributed by atoms with Gasteiger partial charge in [0, 0.05) is 0 Å². The number of hydrogen-bond acceptors (Lipinski definition) is 13. The first-order valence-electron chi connectivity index (χ1n) is 11.4. The molecule has 0 saturated carbocycles. The number of methoxy groups -OCH3 is 2. The molecule has 13 nitrogen and oxygen atoms in total. The third-order valence-corrected chi connectivity index (χ3v) is 6.19. The van der Waals surface area contributed by atoms with Gasteiger partial charge in [-0.25, -0.2) is 0 Å². The third-order valence-electron chi connectivity index (χ3n) is 6.19. The molecule has 35 heavy (non-hydrogen) atoms. The van der Waals surface area contributed by atoms with Crippen LogP contribution in [0.2, 0.25) is 0 Å². The quantitative estimate of drug-likeness (QED) is 0.116. The molecule has 0 aromatic carbocycles. The lowest BCUT2D eigenvalue weighted by Crippen LogP contribution is -2.60. The molecule has 0 radical (unpaired) electrons. The second-order valence-corrected chi connectivity index (χ2v) is 9.05. The summed E-state index contributed by atoms with van der Waals surface area (Å²) in [5.74, 6) is -3.68. The molecule has 1 saturated heterocycles. The van der Waals surface area contributed by atoms with E-state index < -0.39 is 79.1 Å². The van der Waals surface area contributed by atoms with Gasteiger partial charge in [0.2, 0.25) is 12.6 Å². The summed E-state index contributed by atoms with van der Waals surface area (Å²) in [6, 6.07) is 0. The Morgan fingerprint density at radius 2 is 1.46 bits per heavy atom. The van der Waals surface area contributed by atoms with Gasteiger partial charge in [-0.15, -0.1) is 0 Å². The second-order valence-electron chi connectivity index (χ2n) is 9.05. The Balaban J connectivity index is 3.04. The van der Waals surface area contributed by atoms with Gasteiger partial charge in [0.1, 0.15) is 24.4 Å². The average Bonchev–Trinajstić information content (AvgIpc) is 2.82. The number of carbonyl (C=O) groups is 2. The topological polar surface area (TPSA) is 202 Å². The van der Waals surface area contributed by atoms with Crippen molar-refractivity contribution in [3.8, 4) is 0 Å². The van der Waals surface area contributed by atoms with Crippen LogP contribution in [0.4, 0.5) is 0 Å². The zero-order valence-corrected chi connectivity index (χ0v) is 20.9. The Bertz CT molecular complexity index is 657. The van der Waals surface area contributed by atoms with E-state index in [1.807, 2.05) is 0 Å². The van der Waals surface area contributed by atoms with E-state index in [-0.39, 0.29) is 18.9 Å². The number of aliphatic hydroxyl groups is 6. The first-order chi connectivity index (χ1) is 16.3. The van der Waals surface area contributed by atoms with Crippen molar-refractivity contribution in [3.63, 3.8) is 0 Å². The summed E-state index contributed by atoms with van der Waals surface area (Å²) in [4.78, 5) is 24.4. The van der Waals surface area contributed by atoms with Crippen molar-refractivity contribution in [2.75, 3.05) is 20.8 Å². The van der Waals surface area contributed by atoms with Gasteiger partial charge in [-0.2, -0.15) is 0 Å². The molecule has 10 unspecified atom stereocenters. The van der Waals surface area contributed by atoms with Gasteiger partial charge < -0.3 is 54.3 Å². The molecule has 0 bridgehead atoms. The van der Waals surface area contributed by atoms with Gasteiger partial charge in [0.15, 0.2) is 0 Å². The van der Waals surface area contributed by atoms with Crippen LogP contribution < -0.4 is 0 Å². The van der Waals surface area contributed by atoms with E-state index in [9.17, 15) is 40.2 Å². The predicted octanol–water partition coefficient (Wildman–Crippen LogP) is -2.10. The molecular weight excluding hydrogens is 472 g/mol. The second kappa shape index (κ2) is 14.4. The van der Waals surface area contributed by atoms with Gasteiger partial charge in [-0.05, 0) is 19.3 Å². The van der Waals surface area contributed by atoms with Crippen molar-refractivity contribution < 1.29 is 63.9 Å². The number of esters is 2. The van der Waals surface area contributed by atoms with Gasteiger partial charge >= 0.3 is 11.9 Å². The molecule has 1 rings (SSSR count). The highest BCUT2D eigenvalue weighted by atomic mass is 16.7. The van der Waals surface area contributed by atoms with Crippen LogP contribution in [0.5, 0.6) is 0 Å². The maximum Gasteiger partial charge on any atom is 0.309 e. The van der Waals surface area contributed by atoms with E-state index in [2.05, 4.69) is 0 Å². The van der Waals surface area contributed by atoms with Crippen molar-refractivity contribution >= 4 is 11.9 Å². The molecule has 0 amide bonds. The van der Waals surface area contributed by atoms with Crippen LogP contribution in [0, 0.1) is 17.8 Å². The van der Waals surface area contributed by atoms with Crippen molar-refractivity contribution in [2.24, 2.45) is 17.8 Å². The van der Waals surface area contributed by atoms with Crippen LogP contribution in [-0.2, 0) is 33.3 Å². The van der Waals surface area contributed by atoms with Gasteiger partial charge in [-0.3, -0.25) is 9.59 Å². The highest BCUT2D eigenvalue weighted by molar-refractivity contribution is 5.81. The number of hydrogen-bond donors (Lipinski definition) is 6. The monoisotopic (exact) mass is 512 g/mol. The highest BCUT2D eigenvalue weighted by Crippen LogP contribution is 2.28. The fourth-order valence-electron chi connectivity index (χ4n) is 3.89. The molecular formula is C22H40O13. The molecule has 13 heteroatoms. The van der Waals surface area contributed by atoms with Crippen LogP contribution in [0.1, 0.15) is 34.1 Å². The zero-order valence-electron chi connectivity index (χ0n) is 20.9. The van der Waals surface area contributed by atoms with E-state index >= 15 is 0 Å². The molecule has 1 fully saturated rings. The van der Waals surface area contributed by atoms with Crippen molar-refractivity contribution in [3.05, 3.63) is 0 Å². The standard InChI is InChI=1S/C22H40O13/c1-9(2)18-17(25)16(24)15(23)14(34-18)8-33-11(4)13(35-22(30)19(26)27)7-12(21(29)32-6)10(3)20(28)31-5/h9-19,22-27,30H,7-8H2,1-6H3. The van der Waals surface area contributed by atoms with E-state index in [0.29, 0.717) is 0 Å². The minimum atomic E-state index is -2.26. The summed E-state index contributed by atoms with van der Waals surface area (Å²) in [6.45, 7) is 6.22. The Kier molecular flexibility index (Phi) is 13.0. The predicted molar refractivity (Wildman–Crippen MR) is 117 cm³/mol. The summed E-state index contributed by atoms with van der Waals surface area (Å²) in [5.41, 5.74) is 0. The molecule has 1 heterocycles. The highest BCUT2D eigenvalue weighted by Gasteiger charge is 2.45. The first kappa shape index (κ1) is 31.6. The van der Waals surface area contributed by atoms with E-state index in [0.717, 1.165) is 14.2 Å². The number of rotatable bonds is 13. The van der Waals surface area contributed by atoms with E-state index in [1.54, 1.807) is 13.8 Å². The summed E-state index contributed by atoms with van der Waals surface area (Å²) >= 11 is 0. The van der Waals surface area contributed by atoms with Crippen LogP contribution >= 0.6 is 0 Å². The molecule has 0 spiro atoms. The molecule has 10 atom stereocenters. The number of carbonyl (C=O) groups excluding carboxylic acids is 2. The number of aliphatic hydroxyl groups excluding tert-OH is 5. The molecule has 206 valence electrons. The minimum absolute atomic E-state index is 0.176. The maximum absolute atomic E-state index is 12.4. The summed E-state index contributed by atoms with van der Waals surface area (Å²) in [7, 11) is 2.29. The maximum atomic E-state index is 12.4. The number of ether oxygens (including phenoxy) is 5. The van der Waals surface area contributed by atoms with Gasteiger partial charge in [0.25, 0.3) is 0 Å². The van der Waals surface area contributed by atoms with Gasteiger partial charge in [0.05, 0.1) is 51.0 Å². The molecule has 0 aromatic rings. The van der Waals surface area contributed by atoms with E-state index in [1.165, 1.54) is 13.8 Å². The van der Waals surface area contributed by atoms with Crippen LogP contribution in [0.3, 0.4) is 0 Å². The third kappa shape index (κ3) is 8.58. The minimum Gasteiger partial charge on any atom is -0.469 e. The molecule has 0 aromatic heterocycles. The van der Waals surface area contributed by atoms with Gasteiger partial charge in [-0.1, -0.05) is 20.8 Å². The van der Waals surface area contributed by atoms with Crippen LogP contribution in [0.15, 0.2) is 0 Å². The molecule has 1 aliphatic heterocycles. The molecule has 1 aliphatic rings. The average molecular weight is 513 g/mol. The molecule has 0 aliphatic carbocycles. The Hall–Kier alpha value is -1.42. The van der Waals surface area contributed by atoms with Crippen molar-refractivity contribution in [2.45, 2.75) is 89.4 Å². The first-order valence-corrected chi connectivity index (χ1v) is 11.4. The van der Waals surface area contributed by atoms with Crippen LogP contribution in [0.25, 0.3) is 0 Å². The SMILES string of the molecule is COC(=O)C(C)C(CC(OC(O)C(O)O)C(C)OCC1OC(C(C)C)C(O)C(O)C1O)C(=O)OC. The largest absolute Gasteiger partial charge is 0.469 e. The van der Waals surface area contributed by atoms with E-state index in [4.69, 9.17) is 23.7 Å². The smallest absolute Gasteiger partial charge is 0.309 e.